The van der Waals surface area contributed by atoms with E-state index in [1.165, 1.54) is 40.8 Å². The average molecular weight is 335 g/mol. The minimum atomic E-state index is 0.504. The van der Waals surface area contributed by atoms with Crippen LogP contribution in [0.4, 0.5) is 0 Å². The van der Waals surface area contributed by atoms with Gasteiger partial charge in [-0.3, -0.25) is 14.7 Å². The zero-order valence-electron chi connectivity index (χ0n) is 14.9. The van der Waals surface area contributed by atoms with Crippen molar-refractivity contribution >= 4 is 0 Å². The molecule has 1 aliphatic rings. The number of aromatic amines is 1. The Kier molecular flexibility index (Phi) is 4.40. The number of nitrogens with zero attached hydrogens (tertiary/aromatic N) is 4. The molecular weight excluding hydrogens is 310 g/mol. The van der Waals surface area contributed by atoms with Gasteiger partial charge in [0, 0.05) is 49.1 Å². The lowest BCUT2D eigenvalue weighted by Crippen LogP contribution is -2.34. The molecule has 2 aromatic heterocycles. The molecule has 0 saturated carbocycles. The Hall–Kier alpha value is -2.40. The standard InChI is InChI=1S/C20H25N5/c1-15-5-7-17(8-6-15)19-11-21-23-20(19)18-4-3-9-25(14-18)13-16-10-22-24(2)12-16/h5-8,10-12,18H,3-4,9,13-14H2,1-2H3,(H,21,23)/t18-/m1/s1. The highest BCUT2D eigenvalue weighted by Gasteiger charge is 2.25. The molecule has 3 aromatic rings. The highest BCUT2D eigenvalue weighted by Crippen LogP contribution is 2.33. The molecule has 0 aliphatic carbocycles. The fourth-order valence-corrected chi connectivity index (χ4v) is 3.82. The van der Waals surface area contributed by atoms with Gasteiger partial charge in [-0.15, -0.1) is 0 Å². The highest BCUT2D eigenvalue weighted by atomic mass is 15.2. The first-order valence-electron chi connectivity index (χ1n) is 8.99. The minimum absolute atomic E-state index is 0.504. The van der Waals surface area contributed by atoms with E-state index in [4.69, 9.17) is 0 Å². The maximum atomic E-state index is 4.35. The summed E-state index contributed by atoms with van der Waals surface area (Å²) in [6, 6.07) is 8.73. The largest absolute Gasteiger partial charge is 0.298 e. The molecule has 1 aliphatic heterocycles. The molecule has 1 fully saturated rings. The predicted molar refractivity (Wildman–Crippen MR) is 99.2 cm³/mol. The number of aromatic nitrogens is 4. The van der Waals surface area contributed by atoms with Gasteiger partial charge in [-0.25, -0.2) is 0 Å². The number of hydrogen-bond donors (Lipinski definition) is 1. The van der Waals surface area contributed by atoms with Crippen LogP contribution in [-0.2, 0) is 13.6 Å². The number of likely N-dealkylation sites (tertiary alicyclic amines) is 1. The van der Waals surface area contributed by atoms with E-state index in [0.29, 0.717) is 5.92 Å². The lowest BCUT2D eigenvalue weighted by molar-refractivity contribution is 0.198. The molecule has 5 heteroatoms. The van der Waals surface area contributed by atoms with E-state index in [1.54, 1.807) is 0 Å². The summed E-state index contributed by atoms with van der Waals surface area (Å²) >= 11 is 0. The molecule has 0 spiro atoms. The van der Waals surface area contributed by atoms with Crippen LogP contribution in [0.25, 0.3) is 11.1 Å². The minimum Gasteiger partial charge on any atom is -0.298 e. The van der Waals surface area contributed by atoms with Crippen LogP contribution in [0, 0.1) is 6.92 Å². The lowest BCUT2D eigenvalue weighted by atomic mass is 9.90. The third-order valence-electron chi connectivity index (χ3n) is 5.11. The van der Waals surface area contributed by atoms with Crippen molar-refractivity contribution in [3.05, 3.63) is 59.7 Å². The zero-order chi connectivity index (χ0) is 17.2. The molecule has 5 nitrogen and oxygen atoms in total. The molecule has 0 radical (unpaired) electrons. The number of rotatable bonds is 4. The van der Waals surface area contributed by atoms with E-state index in [-0.39, 0.29) is 0 Å². The fourth-order valence-electron chi connectivity index (χ4n) is 3.82. The zero-order valence-corrected chi connectivity index (χ0v) is 14.9. The van der Waals surface area contributed by atoms with Gasteiger partial charge in [-0.1, -0.05) is 29.8 Å². The quantitative estimate of drug-likeness (QED) is 0.794. The van der Waals surface area contributed by atoms with Crippen LogP contribution in [0.15, 0.2) is 42.9 Å². The topological polar surface area (TPSA) is 49.7 Å². The summed E-state index contributed by atoms with van der Waals surface area (Å²) in [6.07, 6.45) is 8.48. The number of nitrogens with one attached hydrogen (secondary N) is 1. The van der Waals surface area contributed by atoms with Crippen LogP contribution < -0.4 is 0 Å². The van der Waals surface area contributed by atoms with E-state index in [0.717, 1.165) is 19.6 Å². The second kappa shape index (κ2) is 6.84. The Morgan fingerprint density at radius 2 is 2.04 bits per heavy atom. The molecular formula is C20H25N5. The van der Waals surface area contributed by atoms with E-state index in [1.807, 2.05) is 24.1 Å². The van der Waals surface area contributed by atoms with Gasteiger partial charge in [-0.2, -0.15) is 10.2 Å². The van der Waals surface area contributed by atoms with Crippen LogP contribution >= 0.6 is 0 Å². The Balaban J connectivity index is 1.52. The maximum absolute atomic E-state index is 4.35. The summed E-state index contributed by atoms with van der Waals surface area (Å²) in [5, 5.41) is 11.9. The predicted octanol–water partition coefficient (Wildman–Crippen LogP) is 3.50. The van der Waals surface area contributed by atoms with Crippen molar-refractivity contribution in [2.24, 2.45) is 7.05 Å². The smallest absolute Gasteiger partial charge is 0.0568 e. The van der Waals surface area contributed by atoms with Gasteiger partial charge < -0.3 is 0 Å². The second-order valence-electron chi connectivity index (χ2n) is 7.16. The Bertz CT molecular complexity index is 830. The number of piperidine rings is 1. The summed E-state index contributed by atoms with van der Waals surface area (Å²) in [5.74, 6) is 0.504. The van der Waals surface area contributed by atoms with Gasteiger partial charge >= 0.3 is 0 Å². The van der Waals surface area contributed by atoms with Crippen LogP contribution in [0.5, 0.6) is 0 Å². The third-order valence-corrected chi connectivity index (χ3v) is 5.11. The SMILES string of the molecule is Cc1ccc(-c2cn[nH]c2[C@@H]2CCCN(Cc3cnn(C)c3)C2)cc1. The van der Waals surface area contributed by atoms with Crippen molar-refractivity contribution < 1.29 is 0 Å². The van der Waals surface area contributed by atoms with Crippen molar-refractivity contribution in [2.45, 2.75) is 32.2 Å². The number of H-pyrrole nitrogens is 1. The Labute approximate surface area is 148 Å². The monoisotopic (exact) mass is 335 g/mol. The molecule has 0 bridgehead atoms. The van der Waals surface area contributed by atoms with Crippen LogP contribution in [-0.4, -0.2) is 38.0 Å². The van der Waals surface area contributed by atoms with Gasteiger partial charge in [-0.05, 0) is 31.9 Å². The van der Waals surface area contributed by atoms with E-state index < -0.39 is 0 Å². The second-order valence-corrected chi connectivity index (χ2v) is 7.16. The van der Waals surface area contributed by atoms with E-state index in [9.17, 15) is 0 Å². The number of benzene rings is 1. The van der Waals surface area contributed by atoms with Crippen LogP contribution in [0.2, 0.25) is 0 Å². The molecule has 25 heavy (non-hydrogen) atoms. The maximum Gasteiger partial charge on any atom is 0.0568 e. The van der Waals surface area contributed by atoms with Gasteiger partial charge in [0.25, 0.3) is 0 Å². The summed E-state index contributed by atoms with van der Waals surface area (Å²) in [6.45, 7) is 5.31. The lowest BCUT2D eigenvalue weighted by Gasteiger charge is -2.32. The molecule has 0 amide bonds. The first kappa shape index (κ1) is 16.1. The van der Waals surface area contributed by atoms with Gasteiger partial charge in [0.15, 0.2) is 0 Å². The molecule has 1 saturated heterocycles. The van der Waals surface area contributed by atoms with E-state index in [2.05, 4.69) is 57.6 Å². The first-order valence-corrected chi connectivity index (χ1v) is 8.99. The molecule has 1 aromatic carbocycles. The Morgan fingerprint density at radius 1 is 1.20 bits per heavy atom. The van der Waals surface area contributed by atoms with Gasteiger partial charge in [0.05, 0.1) is 12.4 Å². The molecule has 0 unspecified atom stereocenters. The Morgan fingerprint density at radius 3 is 2.80 bits per heavy atom. The van der Waals surface area contributed by atoms with Crippen molar-refractivity contribution in [3.8, 4) is 11.1 Å². The first-order chi connectivity index (χ1) is 12.2. The highest BCUT2D eigenvalue weighted by molar-refractivity contribution is 5.66. The molecule has 4 rings (SSSR count). The van der Waals surface area contributed by atoms with Crippen molar-refractivity contribution in [3.63, 3.8) is 0 Å². The number of aryl methyl sites for hydroxylation is 2. The summed E-state index contributed by atoms with van der Waals surface area (Å²) in [7, 11) is 1.97. The average Bonchev–Trinajstić information content (AvgIpc) is 3.25. The van der Waals surface area contributed by atoms with Gasteiger partial charge in [0.1, 0.15) is 0 Å². The normalized spacial score (nSPS) is 18.6. The fraction of sp³-hybridized carbons (Fsp3) is 0.400. The van der Waals surface area contributed by atoms with Crippen molar-refractivity contribution in [1.29, 1.82) is 0 Å². The number of hydrogen-bond acceptors (Lipinski definition) is 3. The summed E-state index contributed by atoms with van der Waals surface area (Å²) in [4.78, 5) is 2.53. The third kappa shape index (κ3) is 3.51. The van der Waals surface area contributed by atoms with Crippen molar-refractivity contribution in [1.82, 2.24) is 24.9 Å². The van der Waals surface area contributed by atoms with Crippen LogP contribution in [0.1, 0.15) is 35.6 Å². The van der Waals surface area contributed by atoms with Crippen LogP contribution in [0.3, 0.4) is 0 Å². The molecule has 130 valence electrons. The molecule has 1 N–H and O–H groups in total. The summed E-state index contributed by atoms with van der Waals surface area (Å²) in [5.41, 5.74) is 6.34. The van der Waals surface area contributed by atoms with Gasteiger partial charge in [0.2, 0.25) is 0 Å². The van der Waals surface area contributed by atoms with Crippen molar-refractivity contribution in [2.75, 3.05) is 13.1 Å². The summed E-state index contributed by atoms with van der Waals surface area (Å²) < 4.78 is 1.88. The van der Waals surface area contributed by atoms with E-state index >= 15 is 0 Å². The molecule has 1 atom stereocenters. The molecule has 3 heterocycles.